The molecule has 2 N–H and O–H groups in total. The Morgan fingerprint density at radius 2 is 2.00 bits per heavy atom. The Hall–Kier alpha value is -1.46. The van der Waals surface area contributed by atoms with Crippen LogP contribution in [-0.2, 0) is 0 Å². The van der Waals surface area contributed by atoms with Gasteiger partial charge in [-0.2, -0.15) is 0 Å². The lowest BCUT2D eigenvalue weighted by Gasteiger charge is -2.30. The van der Waals surface area contributed by atoms with Crippen molar-refractivity contribution in [3.8, 4) is 0 Å². The van der Waals surface area contributed by atoms with Crippen LogP contribution in [0.25, 0.3) is 0 Å². The van der Waals surface area contributed by atoms with E-state index >= 15 is 0 Å². The van der Waals surface area contributed by atoms with Gasteiger partial charge in [0.25, 0.3) is 0 Å². The van der Waals surface area contributed by atoms with Crippen LogP contribution in [0.1, 0.15) is 19.3 Å². The Kier molecular flexibility index (Phi) is 5.85. The van der Waals surface area contributed by atoms with Crippen molar-refractivity contribution in [3.05, 3.63) is 29.3 Å². The number of anilines is 1. The highest BCUT2D eigenvalue weighted by Gasteiger charge is 2.24. The third-order valence-electron chi connectivity index (χ3n) is 4.99. The van der Waals surface area contributed by atoms with Crippen LogP contribution in [0.5, 0.6) is 0 Å². The molecule has 0 unspecified atom stereocenters. The largest absolute Gasteiger partial charge is 0.371 e. The zero-order chi connectivity index (χ0) is 16.9. The SMILES string of the molecule is CN1CCC[C@@H](NC(=O)NC[C@@H]2CCN(c3ccc(Cl)cc3)C2)C1. The summed E-state index contributed by atoms with van der Waals surface area (Å²) in [6.07, 6.45) is 3.33. The number of carbonyl (C=O) groups excluding carboxylic acids is 1. The first kappa shape index (κ1) is 17.4. The molecule has 2 aliphatic heterocycles. The molecule has 132 valence electrons. The minimum absolute atomic E-state index is 0.0276. The fourth-order valence-corrected chi connectivity index (χ4v) is 3.77. The van der Waals surface area contributed by atoms with E-state index in [1.54, 1.807) is 0 Å². The van der Waals surface area contributed by atoms with Gasteiger partial charge in [0.05, 0.1) is 0 Å². The van der Waals surface area contributed by atoms with Crippen molar-refractivity contribution in [2.75, 3.05) is 44.7 Å². The van der Waals surface area contributed by atoms with Crippen molar-refractivity contribution in [2.45, 2.75) is 25.3 Å². The maximum Gasteiger partial charge on any atom is 0.315 e. The summed E-state index contributed by atoms with van der Waals surface area (Å²) >= 11 is 5.94. The van der Waals surface area contributed by atoms with Crippen LogP contribution in [-0.4, -0.2) is 56.7 Å². The van der Waals surface area contributed by atoms with Crippen LogP contribution in [0.15, 0.2) is 24.3 Å². The molecule has 2 fully saturated rings. The average molecular weight is 351 g/mol. The molecule has 0 radical (unpaired) electrons. The van der Waals surface area contributed by atoms with E-state index in [1.807, 2.05) is 12.1 Å². The minimum atomic E-state index is -0.0276. The number of nitrogens with one attached hydrogen (secondary N) is 2. The van der Waals surface area contributed by atoms with Gasteiger partial charge in [-0.3, -0.25) is 0 Å². The van der Waals surface area contributed by atoms with E-state index in [0.29, 0.717) is 5.92 Å². The number of hydrogen-bond donors (Lipinski definition) is 2. The minimum Gasteiger partial charge on any atom is -0.371 e. The maximum absolute atomic E-state index is 12.1. The second-order valence-corrected chi connectivity index (χ2v) is 7.47. The molecule has 3 rings (SSSR count). The molecule has 2 heterocycles. The highest BCUT2D eigenvalue weighted by Crippen LogP contribution is 2.24. The van der Waals surface area contributed by atoms with E-state index in [-0.39, 0.29) is 12.1 Å². The number of urea groups is 1. The van der Waals surface area contributed by atoms with Gasteiger partial charge in [-0.05, 0) is 63.0 Å². The topological polar surface area (TPSA) is 47.6 Å². The molecule has 1 aromatic carbocycles. The molecule has 0 aromatic heterocycles. The molecule has 0 bridgehead atoms. The number of likely N-dealkylation sites (tertiary alicyclic amines) is 1. The number of rotatable bonds is 4. The highest BCUT2D eigenvalue weighted by atomic mass is 35.5. The van der Waals surface area contributed by atoms with Gasteiger partial charge in [0.1, 0.15) is 0 Å². The summed E-state index contributed by atoms with van der Waals surface area (Å²) in [6.45, 7) is 4.82. The molecule has 2 saturated heterocycles. The lowest BCUT2D eigenvalue weighted by atomic mass is 10.1. The van der Waals surface area contributed by atoms with E-state index in [4.69, 9.17) is 11.6 Å². The standard InChI is InChI=1S/C18H27ClN4O/c1-22-9-2-3-16(13-22)21-18(24)20-11-14-8-10-23(12-14)17-6-4-15(19)5-7-17/h4-7,14,16H,2-3,8-13H2,1H3,(H2,20,21,24)/t14-,16+/m0/s1. The Labute approximate surface area is 149 Å². The molecule has 2 aliphatic rings. The molecule has 5 nitrogen and oxygen atoms in total. The summed E-state index contributed by atoms with van der Waals surface area (Å²) in [5, 5.41) is 6.92. The number of piperidine rings is 1. The Bertz CT molecular complexity index is 550. The number of halogens is 1. The summed E-state index contributed by atoms with van der Waals surface area (Å²) in [4.78, 5) is 16.7. The number of hydrogen-bond acceptors (Lipinski definition) is 3. The number of nitrogens with zero attached hydrogens (tertiary/aromatic N) is 2. The van der Waals surface area contributed by atoms with E-state index in [0.717, 1.165) is 57.0 Å². The summed E-state index contributed by atoms with van der Waals surface area (Å²) in [5.74, 6) is 0.500. The van der Waals surface area contributed by atoms with Crippen molar-refractivity contribution in [1.82, 2.24) is 15.5 Å². The predicted molar refractivity (Wildman–Crippen MR) is 98.8 cm³/mol. The molecular formula is C18H27ClN4O. The first-order valence-electron chi connectivity index (χ1n) is 8.83. The van der Waals surface area contributed by atoms with Gasteiger partial charge in [-0.1, -0.05) is 11.6 Å². The first-order valence-corrected chi connectivity index (χ1v) is 9.21. The molecule has 6 heteroatoms. The molecule has 0 saturated carbocycles. The fraction of sp³-hybridized carbons (Fsp3) is 0.611. The fourth-order valence-electron chi connectivity index (χ4n) is 3.64. The van der Waals surface area contributed by atoms with Crippen molar-refractivity contribution < 1.29 is 4.79 Å². The van der Waals surface area contributed by atoms with Gasteiger partial charge < -0.3 is 20.4 Å². The van der Waals surface area contributed by atoms with Gasteiger partial charge >= 0.3 is 6.03 Å². The van der Waals surface area contributed by atoms with Crippen LogP contribution in [0.3, 0.4) is 0 Å². The Morgan fingerprint density at radius 3 is 2.75 bits per heavy atom. The Balaban J connectivity index is 1.39. The second-order valence-electron chi connectivity index (χ2n) is 7.03. The second kappa shape index (κ2) is 8.08. The van der Waals surface area contributed by atoms with E-state index in [2.05, 4.69) is 39.6 Å². The number of amides is 2. The summed E-state index contributed by atoms with van der Waals surface area (Å²) < 4.78 is 0. The zero-order valence-electron chi connectivity index (χ0n) is 14.3. The number of benzene rings is 1. The molecule has 0 aliphatic carbocycles. The van der Waals surface area contributed by atoms with Crippen molar-refractivity contribution in [1.29, 1.82) is 0 Å². The zero-order valence-corrected chi connectivity index (χ0v) is 15.1. The first-order chi connectivity index (χ1) is 11.6. The quantitative estimate of drug-likeness (QED) is 0.877. The third kappa shape index (κ3) is 4.77. The van der Waals surface area contributed by atoms with Gasteiger partial charge in [-0.25, -0.2) is 4.79 Å². The van der Waals surface area contributed by atoms with Crippen molar-refractivity contribution in [2.24, 2.45) is 5.92 Å². The summed E-state index contributed by atoms with van der Waals surface area (Å²) in [5.41, 5.74) is 1.21. The summed E-state index contributed by atoms with van der Waals surface area (Å²) in [6, 6.07) is 8.22. The molecule has 2 atom stereocenters. The molecule has 2 amide bonds. The van der Waals surface area contributed by atoms with Crippen LogP contribution < -0.4 is 15.5 Å². The van der Waals surface area contributed by atoms with Crippen LogP contribution in [0, 0.1) is 5.92 Å². The van der Waals surface area contributed by atoms with Crippen molar-refractivity contribution in [3.63, 3.8) is 0 Å². The van der Waals surface area contributed by atoms with E-state index in [9.17, 15) is 4.79 Å². The van der Waals surface area contributed by atoms with E-state index < -0.39 is 0 Å². The molecular weight excluding hydrogens is 324 g/mol. The highest BCUT2D eigenvalue weighted by molar-refractivity contribution is 6.30. The average Bonchev–Trinajstić information content (AvgIpc) is 3.03. The van der Waals surface area contributed by atoms with Gasteiger partial charge in [-0.15, -0.1) is 0 Å². The molecule has 1 aromatic rings. The van der Waals surface area contributed by atoms with Crippen LogP contribution in [0.2, 0.25) is 5.02 Å². The van der Waals surface area contributed by atoms with Crippen LogP contribution >= 0.6 is 11.6 Å². The normalized spacial score (nSPS) is 24.8. The lowest BCUT2D eigenvalue weighted by molar-refractivity contribution is 0.208. The molecule has 24 heavy (non-hydrogen) atoms. The lowest BCUT2D eigenvalue weighted by Crippen LogP contribution is -2.50. The smallest absolute Gasteiger partial charge is 0.315 e. The monoisotopic (exact) mass is 350 g/mol. The van der Waals surface area contributed by atoms with Crippen LogP contribution in [0.4, 0.5) is 10.5 Å². The van der Waals surface area contributed by atoms with Gasteiger partial charge in [0.2, 0.25) is 0 Å². The van der Waals surface area contributed by atoms with Gasteiger partial charge in [0, 0.05) is 42.9 Å². The van der Waals surface area contributed by atoms with E-state index in [1.165, 1.54) is 5.69 Å². The number of carbonyl (C=O) groups is 1. The Morgan fingerprint density at radius 1 is 1.21 bits per heavy atom. The van der Waals surface area contributed by atoms with Crippen molar-refractivity contribution >= 4 is 23.3 Å². The third-order valence-corrected chi connectivity index (χ3v) is 5.24. The maximum atomic E-state index is 12.1. The van der Waals surface area contributed by atoms with Gasteiger partial charge in [0.15, 0.2) is 0 Å². The molecule has 0 spiro atoms. The number of likely N-dealkylation sites (N-methyl/N-ethyl adjacent to an activating group) is 1. The summed E-state index contributed by atoms with van der Waals surface area (Å²) in [7, 11) is 2.11. The predicted octanol–water partition coefficient (Wildman–Crippen LogP) is 2.56.